The summed E-state index contributed by atoms with van der Waals surface area (Å²) >= 11 is 0. The molecule has 6 heavy (non-hydrogen) atoms. The Hall–Kier alpha value is 5.24. The molecule has 0 aliphatic rings. The van der Waals surface area contributed by atoms with Gasteiger partial charge in [-0.1, -0.05) is 0 Å². The predicted octanol–water partition coefficient (Wildman–Crippen LogP) is -1.09. The zero-order valence-electron chi connectivity index (χ0n) is 4.18. The van der Waals surface area contributed by atoms with Crippen LogP contribution in [0.3, 0.4) is 0 Å². The largest absolute Gasteiger partial charge is 0.153 e. The molecule has 0 heterocycles. The second-order valence-electron chi connectivity index (χ2n) is 0. The van der Waals surface area contributed by atoms with Gasteiger partial charge < -0.3 is 0 Å². The third-order valence-corrected chi connectivity index (χ3v) is 0. The van der Waals surface area contributed by atoms with E-state index in [2.05, 4.69) is 0 Å². The van der Waals surface area contributed by atoms with Crippen molar-refractivity contribution in [3.8, 4) is 0 Å². The molecule has 1 unspecified atom stereocenters. The number of hydrogen-bond donors (Lipinski definition) is 0. The summed E-state index contributed by atoms with van der Waals surface area (Å²) < 4.78 is 0. The summed E-state index contributed by atoms with van der Waals surface area (Å²) in [4.78, 5) is 0. The van der Waals surface area contributed by atoms with Gasteiger partial charge in [0.1, 0.15) is 0 Å². The third kappa shape index (κ3) is 22.9. The van der Waals surface area contributed by atoms with Gasteiger partial charge in [-0.15, -0.1) is 0 Å². The molecule has 0 amide bonds. The van der Waals surface area contributed by atoms with Crippen molar-refractivity contribution >= 4 is 122 Å². The van der Waals surface area contributed by atoms with Crippen LogP contribution in [-0.2, 0) is 36.5 Å². The normalized spacial score (nSPS) is 0. The minimum absolute atomic E-state index is 0. The molecular weight excluding hydrogens is 256 g/mol. The van der Waals surface area contributed by atoms with Crippen molar-refractivity contribution in [1.29, 1.82) is 0 Å². The van der Waals surface area contributed by atoms with Crippen LogP contribution < -0.4 is 0 Å². The molecule has 5 radical (unpaired) electrons. The fourth-order valence-corrected chi connectivity index (χ4v) is 0. The SMILES string of the molecule is P.[Ca].[Fe].[K].[Mg].[Zn]. The van der Waals surface area contributed by atoms with Crippen LogP contribution in [0.15, 0.2) is 0 Å². The topological polar surface area (TPSA) is 0 Å². The molecule has 1 atom stereocenters. The van der Waals surface area contributed by atoms with E-state index in [1.54, 1.807) is 0 Å². The molecule has 0 spiro atoms. The van der Waals surface area contributed by atoms with Crippen LogP contribution in [-0.4, -0.2) is 112 Å². The smallest absolute Gasteiger partial charge is 0 e. The Morgan fingerprint density at radius 2 is 1.00 bits per heavy atom. The Balaban J connectivity index is 0. The van der Waals surface area contributed by atoms with Crippen LogP contribution in [0, 0.1) is 0 Å². The molecule has 23 valence electrons. The molecule has 0 fully saturated rings. The molecule has 0 nitrogen and oxygen atoms in total. The second kappa shape index (κ2) is 31.9. The predicted molar refractivity (Wildman–Crippen MR) is 28.4 cm³/mol. The molecule has 0 rings (SSSR count). The van der Waals surface area contributed by atoms with Crippen LogP contribution in [0.1, 0.15) is 0 Å². The van der Waals surface area contributed by atoms with E-state index in [1.165, 1.54) is 0 Å². The van der Waals surface area contributed by atoms with E-state index in [4.69, 9.17) is 0 Å². The van der Waals surface area contributed by atoms with E-state index in [0.717, 1.165) is 0 Å². The molecule has 0 aromatic rings. The maximum Gasteiger partial charge on any atom is 0 e. The van der Waals surface area contributed by atoms with Crippen LogP contribution in [0.4, 0.5) is 0 Å². The molecule has 0 aliphatic carbocycles. The van der Waals surface area contributed by atoms with Gasteiger partial charge >= 0.3 is 0 Å². The van der Waals surface area contributed by atoms with Gasteiger partial charge in [0, 0.05) is 149 Å². The van der Waals surface area contributed by atoms with E-state index in [0.29, 0.717) is 0 Å². The molecular formula is H3CaFeKMgPZn. The minimum atomic E-state index is 0. The Morgan fingerprint density at radius 1 is 1.00 bits per heavy atom. The molecule has 0 saturated carbocycles. The van der Waals surface area contributed by atoms with E-state index >= 15 is 0 Å². The Labute approximate surface area is 154 Å². The molecule has 0 aliphatic heterocycles. The first kappa shape index (κ1) is 42.9. The molecule has 0 aromatic carbocycles. The average molecular weight is 259 g/mol. The standard InChI is InChI=1S/Ca.Fe.K.Mg.H3P.Zn/h;;;;1H3;. The van der Waals surface area contributed by atoms with Crippen LogP contribution in [0.5, 0.6) is 0 Å². The first-order chi connectivity index (χ1) is 0. The van der Waals surface area contributed by atoms with Crippen LogP contribution in [0.25, 0.3) is 0 Å². The van der Waals surface area contributed by atoms with Crippen molar-refractivity contribution in [2.45, 2.75) is 0 Å². The first-order valence-corrected chi connectivity index (χ1v) is 0. The zero-order chi connectivity index (χ0) is 0. The van der Waals surface area contributed by atoms with E-state index in [1.807, 2.05) is 0 Å². The van der Waals surface area contributed by atoms with Crippen molar-refractivity contribution < 1.29 is 36.5 Å². The molecule has 0 N–H and O–H groups in total. The fraction of sp³-hybridized carbons (Fsp3) is 0. The first-order valence-electron chi connectivity index (χ1n) is 0. The molecule has 0 aromatic heterocycles. The van der Waals surface area contributed by atoms with Gasteiger partial charge in [0.25, 0.3) is 0 Å². The van der Waals surface area contributed by atoms with Crippen molar-refractivity contribution in [2.75, 3.05) is 0 Å². The van der Waals surface area contributed by atoms with Gasteiger partial charge in [0.15, 0.2) is 0 Å². The van der Waals surface area contributed by atoms with Crippen molar-refractivity contribution in [2.24, 2.45) is 0 Å². The monoisotopic (exact) mass is 257 g/mol. The molecule has 6 heteroatoms. The van der Waals surface area contributed by atoms with E-state index in [-0.39, 0.29) is 159 Å². The summed E-state index contributed by atoms with van der Waals surface area (Å²) in [6.45, 7) is 0. The third-order valence-electron chi connectivity index (χ3n) is 0. The Kier molecular flexibility index (Phi) is 228. The Bertz CT molecular complexity index is 15.5. The summed E-state index contributed by atoms with van der Waals surface area (Å²) in [7, 11) is 0. The minimum Gasteiger partial charge on any atom is -0.153 e. The van der Waals surface area contributed by atoms with Gasteiger partial charge in [-0.25, -0.2) is 0 Å². The van der Waals surface area contributed by atoms with Crippen molar-refractivity contribution in [1.82, 2.24) is 0 Å². The average Bonchev–Trinajstić information content (AvgIpc) is 0. The van der Waals surface area contributed by atoms with Crippen LogP contribution in [0.2, 0.25) is 0 Å². The van der Waals surface area contributed by atoms with Gasteiger partial charge in [0.05, 0.1) is 0 Å². The maximum absolute atomic E-state index is 0. The van der Waals surface area contributed by atoms with Crippen molar-refractivity contribution in [3.05, 3.63) is 0 Å². The Morgan fingerprint density at radius 3 is 1.00 bits per heavy atom. The fourth-order valence-electron chi connectivity index (χ4n) is 0. The van der Waals surface area contributed by atoms with Crippen molar-refractivity contribution in [3.63, 3.8) is 0 Å². The quantitative estimate of drug-likeness (QED) is 0.383. The maximum atomic E-state index is 0. The van der Waals surface area contributed by atoms with Gasteiger partial charge in [-0.2, -0.15) is 9.90 Å². The summed E-state index contributed by atoms with van der Waals surface area (Å²) in [5.41, 5.74) is 0. The molecule has 0 bridgehead atoms. The zero-order valence-corrected chi connectivity index (χ0v) is 16.4. The van der Waals surface area contributed by atoms with E-state index in [9.17, 15) is 0 Å². The molecule has 0 saturated heterocycles. The summed E-state index contributed by atoms with van der Waals surface area (Å²) in [5.74, 6) is 0. The number of rotatable bonds is 0. The summed E-state index contributed by atoms with van der Waals surface area (Å²) in [6.07, 6.45) is 0. The van der Waals surface area contributed by atoms with Gasteiger partial charge in [-0.3, -0.25) is 0 Å². The summed E-state index contributed by atoms with van der Waals surface area (Å²) in [6, 6.07) is 0. The van der Waals surface area contributed by atoms with Crippen LogP contribution >= 0.6 is 9.90 Å². The van der Waals surface area contributed by atoms with Gasteiger partial charge in [0.2, 0.25) is 0 Å². The van der Waals surface area contributed by atoms with Gasteiger partial charge in [-0.05, 0) is 0 Å². The summed E-state index contributed by atoms with van der Waals surface area (Å²) in [5, 5.41) is 0. The van der Waals surface area contributed by atoms with E-state index < -0.39 is 0 Å². The second-order valence-corrected chi connectivity index (χ2v) is 0. The number of hydrogen-bond acceptors (Lipinski definition) is 0.